The molecule has 9 aromatic carbocycles. The van der Waals surface area contributed by atoms with Crippen LogP contribution in [-0.4, -0.2) is 95.1 Å². The Balaban J connectivity index is 0.000000214. The lowest BCUT2D eigenvalue weighted by molar-refractivity contribution is -0.138. The zero-order chi connectivity index (χ0) is 85.9. The van der Waals surface area contributed by atoms with Crippen molar-refractivity contribution in [3.8, 4) is 23.0 Å². The van der Waals surface area contributed by atoms with Gasteiger partial charge >= 0.3 is 23.9 Å². The lowest BCUT2D eigenvalue weighted by Gasteiger charge is -2.29. The van der Waals surface area contributed by atoms with Gasteiger partial charge in [-0.2, -0.15) is 20.4 Å². The van der Waals surface area contributed by atoms with Gasteiger partial charge in [0.1, 0.15) is 23.0 Å². The molecule has 4 N–H and O–H groups in total. The van der Waals surface area contributed by atoms with Crippen LogP contribution in [0.15, 0.2) is 240 Å². The van der Waals surface area contributed by atoms with Gasteiger partial charge in [-0.25, -0.2) is 39.1 Å². The minimum atomic E-state index is -0.543. The van der Waals surface area contributed by atoms with E-state index in [9.17, 15) is 19.2 Å². The van der Waals surface area contributed by atoms with E-state index in [-0.39, 0.29) is 0 Å². The number of carbonyl (C=O) groups excluding carboxylic acids is 4. The first-order valence-corrected chi connectivity index (χ1v) is 45.7. The third-order valence-corrected chi connectivity index (χ3v) is 24.6. The molecular weight excluding hydrogens is 1630 g/mol. The molecule has 13 aromatic rings. The Morgan fingerprint density at radius 1 is 0.395 bits per heavy atom. The maximum absolute atomic E-state index is 13.9. The molecule has 0 saturated heterocycles. The van der Waals surface area contributed by atoms with Crippen molar-refractivity contribution in [2.75, 3.05) is 48.1 Å². The zero-order valence-corrected chi connectivity index (χ0v) is 73.0. The van der Waals surface area contributed by atoms with E-state index in [1.165, 1.54) is 114 Å². The molecule has 14 rings (SSSR count). The van der Waals surface area contributed by atoms with Crippen LogP contribution in [0.5, 0.6) is 23.0 Å². The highest BCUT2D eigenvalue weighted by molar-refractivity contribution is 7.23. The zero-order valence-electron chi connectivity index (χ0n) is 69.8. The fraction of sp³-hybridized carbons (Fsp3) is 0.286. The normalized spacial score (nSPS) is 13.3. The number of thiazole rings is 4. The molecule has 0 aliphatic heterocycles. The summed E-state index contributed by atoms with van der Waals surface area (Å²) in [6.45, 7) is 13.1. The molecule has 0 amide bonds. The molecule has 4 aromatic heterocycles. The van der Waals surface area contributed by atoms with Crippen LogP contribution in [-0.2, 0) is 38.3 Å². The number of benzene rings is 9. The van der Waals surface area contributed by atoms with Crippen molar-refractivity contribution in [3.05, 3.63) is 275 Å². The number of hydrogen-bond donors (Lipinski definition) is 4. The summed E-state index contributed by atoms with van der Waals surface area (Å²) in [7, 11) is 0. The third kappa shape index (κ3) is 26.9. The fourth-order valence-corrected chi connectivity index (χ4v) is 17.6. The highest BCUT2D eigenvalue weighted by Gasteiger charge is 2.26. The Kier molecular flexibility index (Phi) is 33.9. The SMILES string of the molecule is C=CC(=O)OCCCCCCOc1ccc(C(=O)Oc2c(/C=N/Nc3nc4ccccc4s3)cc(C3CCC(CCC)CC3)cc2/C=N/Nc2nc3ccccc3s2)cc1.C=CC(=O)OCCCCCCOc1ccc(C(=O)Oc2c(/C=N/Nc3nc4ccccc4s3)cc(CCc3ccc(CCCCC)cc3)cc2/C=N/Nc2nc3ccccc3s2)cc1. The standard InChI is InChI=1S/C51H52N6O5S2.C47H50N6O5S2/c1-3-5-8-15-36-20-22-37(23-21-36)24-25-38-32-40(34-52-56-50-54-43-16-9-11-18-45(43)63-50)48(41(33-38)35-53-57-51-55-44-17-10-12-19-46(44)64-51)62-49(59)39-26-28-42(29-27-39)60-30-13-6-7-14-31-61-47(58)4-2;1-3-13-32-18-20-33(21-19-32)35-28-36(30-48-52-46-50-39-14-7-9-16-41(39)59-46)44(37(29-35)31-49-53-47-51-40-15-8-10-17-42(40)60-47)58-45(55)34-22-24-38(25-23-34)56-26-11-5-6-12-27-57-43(54)4-2/h4,9-12,16-23,26-29,32-35H,2-3,5-8,13-15,24-25,30-31H2,1H3,(H,54,56)(H,55,57);4,7-10,14-17,22-25,28-33H,2-3,5-6,11-13,18-21,26-27H2,1H3,(H,50,52)(H,51,53)/b52-34+,53-35+;48-30+,49-31+. The second-order valence-corrected chi connectivity index (χ2v) is 34.1. The second-order valence-electron chi connectivity index (χ2n) is 29.9. The lowest BCUT2D eigenvalue weighted by Crippen LogP contribution is -2.15. The number of rotatable bonds is 44. The van der Waals surface area contributed by atoms with Crippen LogP contribution >= 0.6 is 45.3 Å². The van der Waals surface area contributed by atoms with Crippen molar-refractivity contribution in [1.29, 1.82) is 0 Å². The number of nitrogens with one attached hydrogen (secondary N) is 4. The van der Waals surface area contributed by atoms with E-state index in [4.69, 9.17) is 28.4 Å². The predicted octanol–water partition coefficient (Wildman–Crippen LogP) is 24.0. The average Bonchev–Trinajstić information content (AvgIpc) is 0.937. The quantitative estimate of drug-likeness (QED) is 0.00690. The smallest absolute Gasteiger partial charge is 0.343 e. The van der Waals surface area contributed by atoms with E-state index in [0.717, 1.165) is 141 Å². The first-order valence-electron chi connectivity index (χ1n) is 42.4. The number of ether oxygens (including phenoxy) is 6. The van der Waals surface area contributed by atoms with Crippen molar-refractivity contribution in [3.63, 3.8) is 0 Å². The number of aryl methyl sites for hydroxylation is 3. The van der Waals surface area contributed by atoms with E-state index in [0.29, 0.717) is 109 Å². The molecule has 0 bridgehead atoms. The Hall–Kier alpha value is -12.6. The Morgan fingerprint density at radius 2 is 0.750 bits per heavy atom. The molecule has 1 aliphatic rings. The van der Waals surface area contributed by atoms with Gasteiger partial charge in [-0.15, -0.1) is 0 Å². The summed E-state index contributed by atoms with van der Waals surface area (Å²) in [5.41, 5.74) is 23.9. The van der Waals surface area contributed by atoms with E-state index in [1.807, 2.05) is 109 Å². The highest BCUT2D eigenvalue weighted by atomic mass is 32.1. The van der Waals surface area contributed by atoms with Crippen molar-refractivity contribution >= 4 is 155 Å². The second kappa shape index (κ2) is 47.1. The van der Waals surface area contributed by atoms with Crippen LogP contribution in [0.1, 0.15) is 194 Å². The number of nitrogens with zero attached hydrogens (tertiary/aromatic N) is 8. The van der Waals surface area contributed by atoms with Crippen LogP contribution in [0, 0.1) is 5.92 Å². The average molecular weight is 1740 g/mol. The fourth-order valence-electron chi connectivity index (χ4n) is 14.3. The van der Waals surface area contributed by atoms with Crippen LogP contribution in [0.3, 0.4) is 0 Å². The lowest BCUT2D eigenvalue weighted by atomic mass is 9.76. The van der Waals surface area contributed by atoms with Crippen LogP contribution in [0.4, 0.5) is 20.5 Å². The molecule has 0 spiro atoms. The molecule has 26 heteroatoms. The number of hydrogen-bond acceptors (Lipinski definition) is 26. The molecular formula is C98H102N12O10S4. The number of hydrazone groups is 4. The van der Waals surface area contributed by atoms with Crippen molar-refractivity contribution in [2.45, 2.75) is 148 Å². The van der Waals surface area contributed by atoms with Crippen molar-refractivity contribution < 1.29 is 47.6 Å². The summed E-state index contributed by atoms with van der Waals surface area (Å²) in [6.07, 6.45) is 29.4. The van der Waals surface area contributed by atoms with Crippen molar-refractivity contribution in [2.24, 2.45) is 26.3 Å². The Labute approximate surface area is 738 Å². The van der Waals surface area contributed by atoms with E-state index in [2.05, 4.69) is 125 Å². The first kappa shape index (κ1) is 89.1. The van der Waals surface area contributed by atoms with Gasteiger partial charge in [0.2, 0.25) is 20.5 Å². The molecule has 638 valence electrons. The molecule has 1 aliphatic carbocycles. The minimum absolute atomic E-state index is 0.300. The van der Waals surface area contributed by atoms with Gasteiger partial charge in [0.15, 0.2) is 0 Å². The number of unbranched alkanes of at least 4 members (excludes halogenated alkanes) is 8. The van der Waals surface area contributed by atoms with Crippen molar-refractivity contribution in [1.82, 2.24) is 19.9 Å². The Bertz CT molecular complexity index is 5490. The molecule has 22 nitrogen and oxygen atoms in total. The molecule has 0 radical (unpaired) electrons. The maximum Gasteiger partial charge on any atom is 0.343 e. The maximum atomic E-state index is 13.9. The molecule has 124 heavy (non-hydrogen) atoms. The highest BCUT2D eigenvalue weighted by Crippen LogP contribution is 2.41. The van der Waals surface area contributed by atoms with E-state index < -0.39 is 23.9 Å². The first-order chi connectivity index (χ1) is 60.9. The number of fused-ring (bicyclic) bond motifs is 4. The molecule has 0 unspecified atom stereocenters. The number of anilines is 4. The number of aromatic nitrogens is 4. The molecule has 4 heterocycles. The van der Waals surface area contributed by atoms with Gasteiger partial charge < -0.3 is 28.4 Å². The number of esters is 4. The molecule has 1 saturated carbocycles. The minimum Gasteiger partial charge on any atom is -0.494 e. The summed E-state index contributed by atoms with van der Waals surface area (Å²) >= 11 is 6.04. The topological polar surface area (TPSA) is 273 Å². The van der Waals surface area contributed by atoms with Crippen LogP contribution in [0.25, 0.3) is 40.9 Å². The number of carbonyl (C=O) groups is 4. The van der Waals surface area contributed by atoms with Gasteiger partial charge in [-0.05, 0) is 258 Å². The summed E-state index contributed by atoms with van der Waals surface area (Å²) in [5.74, 6) is 1.20. The van der Waals surface area contributed by atoms with Gasteiger partial charge in [-0.1, -0.05) is 171 Å². The van der Waals surface area contributed by atoms with Gasteiger partial charge in [0.25, 0.3) is 0 Å². The molecule has 1 fully saturated rings. The van der Waals surface area contributed by atoms with Crippen LogP contribution in [0.2, 0.25) is 0 Å². The predicted molar refractivity (Wildman–Crippen MR) is 506 cm³/mol. The summed E-state index contributed by atoms with van der Waals surface area (Å²) in [4.78, 5) is 68.9. The van der Waals surface area contributed by atoms with E-state index >= 15 is 0 Å². The summed E-state index contributed by atoms with van der Waals surface area (Å²) in [5, 5.41) is 21.0. The van der Waals surface area contributed by atoms with E-state index in [1.54, 1.807) is 73.4 Å². The third-order valence-electron chi connectivity index (χ3n) is 20.8. The van der Waals surface area contributed by atoms with Gasteiger partial charge in [0, 0.05) is 34.4 Å². The Morgan fingerprint density at radius 3 is 1.11 bits per heavy atom. The van der Waals surface area contributed by atoms with Crippen LogP contribution < -0.4 is 40.7 Å². The summed E-state index contributed by atoms with van der Waals surface area (Å²) in [6, 6.07) is 62.8. The summed E-state index contributed by atoms with van der Waals surface area (Å²) < 4.78 is 38.7. The monoisotopic (exact) mass is 1730 g/mol. The van der Waals surface area contributed by atoms with Gasteiger partial charge in [-0.3, -0.25) is 21.7 Å². The largest absolute Gasteiger partial charge is 0.494 e. The molecule has 0 atom stereocenters. The van der Waals surface area contributed by atoms with Gasteiger partial charge in [0.05, 0.1) is 103 Å². The number of para-hydroxylation sites is 4.